The number of allylic oxidation sites excluding steroid dienone is 1. The van der Waals surface area contributed by atoms with Crippen molar-refractivity contribution in [2.75, 3.05) is 11.5 Å². The van der Waals surface area contributed by atoms with E-state index in [0.29, 0.717) is 4.08 Å². The summed E-state index contributed by atoms with van der Waals surface area (Å²) >= 11 is 4.37. The molecule has 1 aliphatic heterocycles. The first-order chi connectivity index (χ1) is 6.74. The lowest BCUT2D eigenvalue weighted by Crippen LogP contribution is -2.24. The monoisotopic (exact) mass is 228 g/mol. The number of hydrogen-bond acceptors (Lipinski definition) is 2. The first kappa shape index (κ1) is 10.9. The van der Waals surface area contributed by atoms with Gasteiger partial charge in [0.15, 0.2) is 0 Å². The number of thioether (sulfide) groups is 2. The maximum Gasteiger partial charge on any atom is 0.0797 e. The van der Waals surface area contributed by atoms with E-state index in [2.05, 4.69) is 43.4 Å². The molecule has 1 aliphatic carbocycles. The Hall–Kier alpha value is 0.440. The van der Waals surface area contributed by atoms with Crippen LogP contribution in [0.1, 0.15) is 39.5 Å². The molecule has 80 valence electrons. The summed E-state index contributed by atoms with van der Waals surface area (Å²) in [6.45, 7) is 4.64. The standard InChI is InChI=1S/C12H20S2/c1-3-4-11-7-10(2)8-12(9-11)13-5-6-14-12/h8,11H,3-7,9H2,1-2H3/t11-/m0/s1. The van der Waals surface area contributed by atoms with Crippen LogP contribution in [0.3, 0.4) is 0 Å². The molecule has 1 atom stereocenters. The van der Waals surface area contributed by atoms with Gasteiger partial charge in [0.1, 0.15) is 0 Å². The van der Waals surface area contributed by atoms with E-state index in [9.17, 15) is 0 Å². The Balaban J connectivity index is 2.07. The SMILES string of the molecule is CCC[C@H]1CC(C)=CC2(C1)SCCS2. The van der Waals surface area contributed by atoms with Crippen LogP contribution in [0.5, 0.6) is 0 Å². The molecule has 0 bridgehead atoms. The molecule has 2 aliphatic rings. The third-order valence-corrected chi connectivity index (χ3v) is 6.45. The third-order valence-electron chi connectivity index (χ3n) is 3.12. The van der Waals surface area contributed by atoms with Gasteiger partial charge in [-0.15, -0.1) is 23.5 Å². The molecule has 14 heavy (non-hydrogen) atoms. The zero-order valence-electron chi connectivity index (χ0n) is 9.21. The Morgan fingerprint density at radius 3 is 2.79 bits per heavy atom. The largest absolute Gasteiger partial charge is 0.139 e. The highest BCUT2D eigenvalue weighted by Gasteiger charge is 2.38. The van der Waals surface area contributed by atoms with Gasteiger partial charge in [0.2, 0.25) is 0 Å². The van der Waals surface area contributed by atoms with E-state index in [1.165, 1.54) is 37.2 Å². The lowest BCUT2D eigenvalue weighted by molar-refractivity contribution is 0.424. The fourth-order valence-corrected chi connectivity index (χ4v) is 6.17. The van der Waals surface area contributed by atoms with Crippen LogP contribution in [0, 0.1) is 5.92 Å². The Kier molecular flexibility index (Phi) is 3.54. The summed E-state index contributed by atoms with van der Waals surface area (Å²) in [6.07, 6.45) is 8.11. The maximum absolute atomic E-state index is 2.56. The lowest BCUT2D eigenvalue weighted by Gasteiger charge is -2.34. The van der Waals surface area contributed by atoms with E-state index in [1.54, 1.807) is 5.57 Å². The van der Waals surface area contributed by atoms with Crippen molar-refractivity contribution < 1.29 is 0 Å². The molecule has 0 saturated carbocycles. The molecular formula is C12H20S2. The second-order valence-electron chi connectivity index (χ2n) is 4.56. The van der Waals surface area contributed by atoms with Crippen LogP contribution >= 0.6 is 23.5 Å². The molecule has 0 aromatic heterocycles. The van der Waals surface area contributed by atoms with Crippen LogP contribution in [-0.4, -0.2) is 15.6 Å². The summed E-state index contributed by atoms with van der Waals surface area (Å²) in [5.74, 6) is 3.67. The molecule has 0 N–H and O–H groups in total. The Bertz CT molecular complexity index is 226. The van der Waals surface area contributed by atoms with Crippen molar-refractivity contribution in [2.45, 2.75) is 43.6 Å². The minimum Gasteiger partial charge on any atom is -0.139 e. The molecule has 1 fully saturated rings. The summed E-state index contributed by atoms with van der Waals surface area (Å²) in [5.41, 5.74) is 1.64. The van der Waals surface area contributed by atoms with Crippen molar-refractivity contribution in [2.24, 2.45) is 5.92 Å². The van der Waals surface area contributed by atoms with Crippen molar-refractivity contribution >= 4 is 23.5 Å². The lowest BCUT2D eigenvalue weighted by atomic mass is 9.86. The van der Waals surface area contributed by atoms with Gasteiger partial charge in [-0.3, -0.25) is 0 Å². The summed E-state index contributed by atoms with van der Waals surface area (Å²) < 4.78 is 0.488. The summed E-state index contributed by atoms with van der Waals surface area (Å²) in [4.78, 5) is 0. The van der Waals surface area contributed by atoms with Crippen molar-refractivity contribution in [1.29, 1.82) is 0 Å². The van der Waals surface area contributed by atoms with Gasteiger partial charge in [-0.2, -0.15) is 0 Å². The highest BCUT2D eigenvalue weighted by molar-refractivity contribution is 8.21. The van der Waals surface area contributed by atoms with E-state index >= 15 is 0 Å². The van der Waals surface area contributed by atoms with Gasteiger partial charge in [-0.1, -0.05) is 31.4 Å². The van der Waals surface area contributed by atoms with Gasteiger partial charge < -0.3 is 0 Å². The molecule has 0 nitrogen and oxygen atoms in total. The van der Waals surface area contributed by atoms with E-state index in [1.807, 2.05) is 0 Å². The van der Waals surface area contributed by atoms with Crippen LogP contribution in [0.2, 0.25) is 0 Å². The molecule has 2 heteroatoms. The van der Waals surface area contributed by atoms with Crippen LogP contribution in [0.15, 0.2) is 11.6 Å². The van der Waals surface area contributed by atoms with Crippen LogP contribution < -0.4 is 0 Å². The molecule has 1 heterocycles. The second-order valence-corrected chi connectivity index (χ2v) is 7.67. The zero-order valence-corrected chi connectivity index (χ0v) is 10.8. The Morgan fingerprint density at radius 2 is 2.14 bits per heavy atom. The molecule has 0 amide bonds. The second kappa shape index (κ2) is 4.52. The van der Waals surface area contributed by atoms with E-state index < -0.39 is 0 Å². The van der Waals surface area contributed by atoms with Gasteiger partial charge in [0, 0.05) is 11.5 Å². The predicted octanol–water partition coefficient (Wildman–Crippen LogP) is 4.32. The number of hydrogen-bond donors (Lipinski definition) is 0. The molecular weight excluding hydrogens is 208 g/mol. The molecule has 1 saturated heterocycles. The average molecular weight is 228 g/mol. The van der Waals surface area contributed by atoms with Crippen molar-refractivity contribution in [3.63, 3.8) is 0 Å². The molecule has 0 radical (unpaired) electrons. The van der Waals surface area contributed by atoms with Gasteiger partial charge in [-0.25, -0.2) is 0 Å². The average Bonchev–Trinajstić information content (AvgIpc) is 2.52. The number of rotatable bonds is 2. The fourth-order valence-electron chi connectivity index (χ4n) is 2.71. The highest BCUT2D eigenvalue weighted by Crippen LogP contribution is 2.53. The van der Waals surface area contributed by atoms with Gasteiger partial charge in [-0.05, 0) is 25.7 Å². The van der Waals surface area contributed by atoms with Crippen molar-refractivity contribution in [3.8, 4) is 0 Å². The maximum atomic E-state index is 2.56. The minimum atomic E-state index is 0.488. The van der Waals surface area contributed by atoms with Crippen LogP contribution in [-0.2, 0) is 0 Å². The predicted molar refractivity (Wildman–Crippen MR) is 69.0 cm³/mol. The van der Waals surface area contributed by atoms with E-state index in [0.717, 1.165) is 5.92 Å². The summed E-state index contributed by atoms with van der Waals surface area (Å²) in [5, 5.41) is 0. The van der Waals surface area contributed by atoms with E-state index in [4.69, 9.17) is 0 Å². The first-order valence-corrected chi connectivity index (χ1v) is 7.67. The Labute approximate surface area is 96.3 Å². The van der Waals surface area contributed by atoms with Gasteiger partial charge in [0.05, 0.1) is 4.08 Å². The fraction of sp³-hybridized carbons (Fsp3) is 0.833. The molecule has 0 aromatic carbocycles. The molecule has 0 unspecified atom stereocenters. The summed E-state index contributed by atoms with van der Waals surface area (Å²) in [7, 11) is 0. The van der Waals surface area contributed by atoms with Crippen molar-refractivity contribution in [3.05, 3.63) is 11.6 Å². The highest BCUT2D eigenvalue weighted by atomic mass is 32.2. The smallest absolute Gasteiger partial charge is 0.0797 e. The quantitative estimate of drug-likeness (QED) is 0.646. The molecule has 2 rings (SSSR count). The van der Waals surface area contributed by atoms with Crippen LogP contribution in [0.25, 0.3) is 0 Å². The van der Waals surface area contributed by atoms with Gasteiger partial charge in [0.25, 0.3) is 0 Å². The Morgan fingerprint density at radius 1 is 1.43 bits per heavy atom. The molecule has 0 aromatic rings. The van der Waals surface area contributed by atoms with Crippen LogP contribution in [0.4, 0.5) is 0 Å². The molecule has 1 spiro atoms. The zero-order chi connectivity index (χ0) is 10.0. The van der Waals surface area contributed by atoms with E-state index in [-0.39, 0.29) is 0 Å². The van der Waals surface area contributed by atoms with Crippen molar-refractivity contribution in [1.82, 2.24) is 0 Å². The normalized spacial score (nSPS) is 30.7. The topological polar surface area (TPSA) is 0 Å². The van der Waals surface area contributed by atoms with Gasteiger partial charge >= 0.3 is 0 Å². The third kappa shape index (κ3) is 2.33. The first-order valence-electron chi connectivity index (χ1n) is 5.70. The summed E-state index contributed by atoms with van der Waals surface area (Å²) in [6, 6.07) is 0. The minimum absolute atomic E-state index is 0.488.